The van der Waals surface area contributed by atoms with E-state index in [-0.39, 0.29) is 24.0 Å². The predicted octanol–water partition coefficient (Wildman–Crippen LogP) is 3.43. The van der Waals surface area contributed by atoms with Crippen molar-refractivity contribution in [2.75, 3.05) is 20.6 Å². The fourth-order valence-electron chi connectivity index (χ4n) is 2.36. The van der Waals surface area contributed by atoms with Crippen LogP contribution >= 0.6 is 24.0 Å². The Hall–Kier alpha value is -0.870. The maximum Gasteiger partial charge on any atom is 0.242 e. The highest BCUT2D eigenvalue weighted by Gasteiger charge is 2.16. The van der Waals surface area contributed by atoms with E-state index < -0.39 is 10.0 Å². The monoisotopic (exact) mass is 510 g/mol. The van der Waals surface area contributed by atoms with Gasteiger partial charge < -0.3 is 10.6 Å². The zero-order valence-electron chi connectivity index (χ0n) is 17.3. The second-order valence-electron chi connectivity index (χ2n) is 7.14. The van der Waals surface area contributed by atoms with Crippen molar-refractivity contribution in [3.8, 4) is 0 Å². The average molecular weight is 510 g/mol. The van der Waals surface area contributed by atoms with Gasteiger partial charge in [0.2, 0.25) is 10.0 Å². The number of nitrogens with one attached hydrogen (secondary N) is 2. The van der Waals surface area contributed by atoms with Gasteiger partial charge in [-0.1, -0.05) is 26.0 Å². The summed E-state index contributed by atoms with van der Waals surface area (Å²) in [6, 6.07) is 7.23. The summed E-state index contributed by atoms with van der Waals surface area (Å²) in [5.74, 6) is 1.48. The summed E-state index contributed by atoms with van der Waals surface area (Å²) >= 11 is 0. The van der Waals surface area contributed by atoms with Crippen molar-refractivity contribution in [1.82, 2.24) is 14.9 Å². The highest BCUT2D eigenvalue weighted by Crippen LogP contribution is 2.14. The molecule has 0 radical (unpaired) electrons. The Morgan fingerprint density at radius 2 is 1.70 bits per heavy atom. The summed E-state index contributed by atoms with van der Waals surface area (Å²) in [5.41, 5.74) is 0.967. The number of halogens is 1. The lowest BCUT2D eigenvalue weighted by molar-refractivity contribution is 0.489. The van der Waals surface area contributed by atoms with E-state index in [0.717, 1.165) is 24.5 Å². The number of nitrogens with zero attached hydrogens (tertiary/aromatic N) is 2. The number of benzene rings is 1. The van der Waals surface area contributed by atoms with Gasteiger partial charge in [-0.2, -0.15) is 0 Å². The van der Waals surface area contributed by atoms with Crippen LogP contribution in [-0.4, -0.2) is 45.4 Å². The van der Waals surface area contributed by atoms with Crippen LogP contribution in [0.3, 0.4) is 0 Å². The van der Waals surface area contributed by atoms with Gasteiger partial charge in [-0.15, -0.1) is 24.0 Å². The SMILES string of the molecule is CCNC(=NCc1ccc(S(=O)(=O)N(C)C)cc1)NC(C)CCC(C)C.I. The third-order valence-corrected chi connectivity index (χ3v) is 5.86. The molecule has 0 aliphatic rings. The highest BCUT2D eigenvalue weighted by molar-refractivity contribution is 14.0. The number of rotatable bonds is 9. The van der Waals surface area contributed by atoms with E-state index in [1.807, 2.05) is 19.1 Å². The molecule has 1 atom stereocenters. The topological polar surface area (TPSA) is 73.8 Å². The molecule has 27 heavy (non-hydrogen) atoms. The van der Waals surface area contributed by atoms with Crippen molar-refractivity contribution < 1.29 is 8.42 Å². The summed E-state index contributed by atoms with van der Waals surface area (Å²) in [6.45, 7) is 9.95. The molecule has 0 aliphatic heterocycles. The van der Waals surface area contributed by atoms with Crippen LogP contribution in [0.1, 0.15) is 46.1 Å². The molecule has 1 unspecified atom stereocenters. The molecule has 1 aromatic carbocycles. The smallest absolute Gasteiger partial charge is 0.242 e. The first-order chi connectivity index (χ1) is 12.2. The fourth-order valence-corrected chi connectivity index (χ4v) is 3.26. The minimum absolute atomic E-state index is 0. The number of guanidine groups is 1. The van der Waals surface area contributed by atoms with Crippen molar-refractivity contribution >= 4 is 40.0 Å². The molecule has 0 spiro atoms. The summed E-state index contributed by atoms with van der Waals surface area (Å²) in [6.07, 6.45) is 2.27. The van der Waals surface area contributed by atoms with E-state index in [9.17, 15) is 8.42 Å². The number of hydrogen-bond acceptors (Lipinski definition) is 3. The van der Waals surface area contributed by atoms with Crippen LogP contribution in [0.4, 0.5) is 0 Å². The zero-order chi connectivity index (χ0) is 19.7. The van der Waals surface area contributed by atoms with Gasteiger partial charge in [0.25, 0.3) is 0 Å². The standard InChI is InChI=1S/C19H34N4O2S.HI/c1-7-20-19(22-16(4)9-8-15(2)3)21-14-17-10-12-18(13-11-17)26(24,25)23(5)6;/h10-13,15-16H,7-9,14H2,1-6H3,(H2,20,21,22);1H. The molecule has 1 rings (SSSR count). The first kappa shape index (κ1) is 26.1. The van der Waals surface area contributed by atoms with E-state index in [0.29, 0.717) is 23.4 Å². The first-order valence-electron chi connectivity index (χ1n) is 9.23. The molecule has 8 heteroatoms. The Labute approximate surface area is 182 Å². The number of hydrogen-bond donors (Lipinski definition) is 2. The van der Waals surface area contributed by atoms with E-state index >= 15 is 0 Å². The Balaban J connectivity index is 0.00000676. The van der Waals surface area contributed by atoms with Crippen molar-refractivity contribution in [3.05, 3.63) is 29.8 Å². The van der Waals surface area contributed by atoms with Gasteiger partial charge in [-0.25, -0.2) is 17.7 Å². The quantitative estimate of drug-likeness (QED) is 0.303. The Morgan fingerprint density at radius 3 is 2.19 bits per heavy atom. The van der Waals surface area contributed by atoms with Crippen molar-refractivity contribution in [3.63, 3.8) is 0 Å². The lowest BCUT2D eigenvalue weighted by Crippen LogP contribution is -2.42. The minimum atomic E-state index is -3.39. The summed E-state index contributed by atoms with van der Waals surface area (Å²) in [4.78, 5) is 4.91. The molecule has 2 N–H and O–H groups in total. The lowest BCUT2D eigenvalue weighted by atomic mass is 10.0. The van der Waals surface area contributed by atoms with Gasteiger partial charge in [-0.05, 0) is 50.3 Å². The lowest BCUT2D eigenvalue weighted by Gasteiger charge is -2.18. The van der Waals surface area contributed by atoms with Gasteiger partial charge in [0, 0.05) is 26.7 Å². The first-order valence-corrected chi connectivity index (χ1v) is 10.7. The van der Waals surface area contributed by atoms with Gasteiger partial charge in [0.1, 0.15) is 0 Å². The Kier molecular flexibility index (Phi) is 12.2. The second kappa shape index (κ2) is 12.6. The van der Waals surface area contributed by atoms with Crippen LogP contribution in [-0.2, 0) is 16.6 Å². The van der Waals surface area contributed by atoms with Crippen LogP contribution in [0.25, 0.3) is 0 Å². The third kappa shape index (κ3) is 9.25. The van der Waals surface area contributed by atoms with Gasteiger partial charge >= 0.3 is 0 Å². The van der Waals surface area contributed by atoms with Crippen LogP contribution in [0.2, 0.25) is 0 Å². The predicted molar refractivity (Wildman–Crippen MR) is 124 cm³/mol. The molecule has 6 nitrogen and oxygen atoms in total. The molecule has 0 aliphatic carbocycles. The Bertz CT molecular complexity index is 673. The summed E-state index contributed by atoms with van der Waals surface area (Å²) in [5, 5.41) is 6.69. The largest absolute Gasteiger partial charge is 0.357 e. The fraction of sp³-hybridized carbons (Fsp3) is 0.632. The van der Waals surface area contributed by atoms with Gasteiger partial charge in [0.05, 0.1) is 11.4 Å². The van der Waals surface area contributed by atoms with E-state index in [4.69, 9.17) is 0 Å². The molecule has 0 saturated heterocycles. The van der Waals surface area contributed by atoms with Crippen LogP contribution in [0, 0.1) is 5.92 Å². The van der Waals surface area contributed by atoms with Crippen LogP contribution < -0.4 is 10.6 Å². The summed E-state index contributed by atoms with van der Waals surface area (Å²) in [7, 11) is -0.330. The molecular formula is C19H35IN4O2S. The molecular weight excluding hydrogens is 475 g/mol. The minimum Gasteiger partial charge on any atom is -0.357 e. The summed E-state index contributed by atoms with van der Waals surface area (Å²) < 4.78 is 25.4. The maximum absolute atomic E-state index is 12.1. The third-order valence-electron chi connectivity index (χ3n) is 4.03. The Morgan fingerprint density at radius 1 is 1.11 bits per heavy atom. The van der Waals surface area contributed by atoms with E-state index in [2.05, 4.69) is 36.4 Å². The molecule has 0 heterocycles. The van der Waals surface area contributed by atoms with Crippen LogP contribution in [0.5, 0.6) is 0 Å². The maximum atomic E-state index is 12.1. The normalized spacial score (nSPS) is 13.4. The molecule has 1 aromatic rings. The van der Waals surface area contributed by atoms with Crippen molar-refractivity contribution in [2.45, 2.75) is 58.0 Å². The van der Waals surface area contributed by atoms with Crippen LogP contribution in [0.15, 0.2) is 34.2 Å². The number of sulfonamides is 1. The van der Waals surface area contributed by atoms with E-state index in [1.54, 1.807) is 12.1 Å². The van der Waals surface area contributed by atoms with Crippen molar-refractivity contribution in [1.29, 1.82) is 0 Å². The molecule has 156 valence electrons. The number of aliphatic imine (C=N–C) groups is 1. The van der Waals surface area contributed by atoms with Gasteiger partial charge in [0.15, 0.2) is 5.96 Å². The molecule has 0 fully saturated rings. The molecule has 0 bridgehead atoms. The zero-order valence-corrected chi connectivity index (χ0v) is 20.5. The molecule has 0 aromatic heterocycles. The highest BCUT2D eigenvalue weighted by atomic mass is 127. The molecule has 0 amide bonds. The van der Waals surface area contributed by atoms with E-state index in [1.165, 1.54) is 24.8 Å². The second-order valence-corrected chi connectivity index (χ2v) is 9.29. The van der Waals surface area contributed by atoms with Crippen molar-refractivity contribution in [2.24, 2.45) is 10.9 Å². The molecule has 0 saturated carbocycles. The average Bonchev–Trinajstić information content (AvgIpc) is 2.58. The van der Waals surface area contributed by atoms with Gasteiger partial charge in [-0.3, -0.25) is 0 Å².